The Bertz CT molecular complexity index is 959. The van der Waals surface area contributed by atoms with E-state index in [2.05, 4.69) is 10.2 Å². The molecule has 9 heteroatoms. The third-order valence-electron chi connectivity index (χ3n) is 4.00. The minimum Gasteiger partial charge on any atom is -0.497 e. The number of aromatic nitrogens is 3. The van der Waals surface area contributed by atoms with Gasteiger partial charge < -0.3 is 19.3 Å². The second-order valence-electron chi connectivity index (χ2n) is 5.86. The van der Waals surface area contributed by atoms with E-state index in [1.807, 2.05) is 53.1 Å². The number of hydrogen-bond donors (Lipinski definition) is 1. The fourth-order valence-corrected chi connectivity index (χ4v) is 3.49. The lowest BCUT2D eigenvalue weighted by atomic mass is 10.3. The summed E-state index contributed by atoms with van der Waals surface area (Å²) in [6.07, 6.45) is 0.0349. The molecule has 0 amide bonds. The first kappa shape index (κ1) is 20.5. The van der Waals surface area contributed by atoms with Crippen LogP contribution in [0.25, 0.3) is 5.69 Å². The molecule has 2 aromatic carbocycles. The van der Waals surface area contributed by atoms with E-state index in [4.69, 9.17) is 19.3 Å². The predicted molar refractivity (Wildman–Crippen MR) is 108 cm³/mol. The second-order valence-corrected chi connectivity index (χ2v) is 6.93. The number of rotatable bonds is 10. The molecule has 0 aliphatic heterocycles. The van der Waals surface area contributed by atoms with Crippen molar-refractivity contribution in [3.05, 3.63) is 54.4 Å². The standard InChI is InChI=1S/C20H21N3O5S/c1-26-15-9-7-14(8-10-15)23-18(21-22-20(23)29-12-11-19(24)25)13-28-17-6-4-3-5-16(17)27-2/h3-10H,11-13H2,1-2H3,(H,24,25). The highest BCUT2D eigenvalue weighted by Gasteiger charge is 2.16. The largest absolute Gasteiger partial charge is 0.497 e. The Morgan fingerprint density at radius 2 is 1.76 bits per heavy atom. The molecule has 0 spiro atoms. The molecule has 1 heterocycles. The Kier molecular flexibility index (Phi) is 6.96. The normalized spacial score (nSPS) is 10.6. The summed E-state index contributed by atoms with van der Waals surface area (Å²) in [6, 6.07) is 14.8. The fourth-order valence-electron chi connectivity index (χ4n) is 2.59. The van der Waals surface area contributed by atoms with E-state index in [0.29, 0.717) is 28.2 Å². The summed E-state index contributed by atoms with van der Waals surface area (Å²) >= 11 is 1.33. The molecule has 0 saturated carbocycles. The number of aliphatic carboxylic acids is 1. The Labute approximate surface area is 172 Å². The molecule has 1 N–H and O–H groups in total. The Morgan fingerprint density at radius 1 is 1.03 bits per heavy atom. The maximum absolute atomic E-state index is 10.8. The van der Waals surface area contributed by atoms with Crippen LogP contribution in [-0.4, -0.2) is 45.8 Å². The number of nitrogens with zero attached hydrogens (tertiary/aromatic N) is 3. The van der Waals surface area contributed by atoms with Gasteiger partial charge in [0.2, 0.25) is 0 Å². The van der Waals surface area contributed by atoms with Crippen LogP contribution in [0.4, 0.5) is 0 Å². The van der Waals surface area contributed by atoms with Gasteiger partial charge in [-0.2, -0.15) is 0 Å². The number of methoxy groups -OCH3 is 2. The van der Waals surface area contributed by atoms with Crippen LogP contribution in [0.2, 0.25) is 0 Å². The maximum Gasteiger partial charge on any atom is 0.304 e. The maximum atomic E-state index is 10.8. The molecular formula is C20H21N3O5S. The molecule has 0 fully saturated rings. The van der Waals surface area contributed by atoms with E-state index in [0.717, 1.165) is 11.4 Å². The second kappa shape index (κ2) is 9.83. The highest BCUT2D eigenvalue weighted by molar-refractivity contribution is 7.99. The third-order valence-corrected chi connectivity index (χ3v) is 4.93. The van der Waals surface area contributed by atoms with Crippen molar-refractivity contribution in [3.63, 3.8) is 0 Å². The van der Waals surface area contributed by atoms with Gasteiger partial charge in [-0.05, 0) is 36.4 Å². The van der Waals surface area contributed by atoms with Crippen LogP contribution < -0.4 is 14.2 Å². The van der Waals surface area contributed by atoms with Gasteiger partial charge in [0.05, 0.1) is 20.6 Å². The summed E-state index contributed by atoms with van der Waals surface area (Å²) in [5.41, 5.74) is 0.826. The van der Waals surface area contributed by atoms with Crippen molar-refractivity contribution in [2.24, 2.45) is 0 Å². The van der Waals surface area contributed by atoms with Gasteiger partial charge in [0.25, 0.3) is 0 Å². The number of ether oxygens (including phenoxy) is 3. The lowest BCUT2D eigenvalue weighted by Crippen LogP contribution is -2.07. The molecule has 0 bridgehead atoms. The smallest absolute Gasteiger partial charge is 0.304 e. The molecule has 0 radical (unpaired) electrons. The SMILES string of the molecule is COc1ccc(-n2c(COc3ccccc3OC)nnc2SCCC(=O)O)cc1. The molecule has 0 unspecified atom stereocenters. The number of thioether (sulfide) groups is 1. The summed E-state index contributed by atoms with van der Waals surface area (Å²) in [6.45, 7) is 0.166. The topological polar surface area (TPSA) is 95.7 Å². The summed E-state index contributed by atoms with van der Waals surface area (Å²) in [4.78, 5) is 10.8. The number of para-hydroxylation sites is 2. The van der Waals surface area contributed by atoms with Crippen LogP contribution in [-0.2, 0) is 11.4 Å². The minimum absolute atomic E-state index is 0.0349. The zero-order valence-corrected chi connectivity index (χ0v) is 16.9. The predicted octanol–water partition coefficient (Wildman–Crippen LogP) is 3.43. The quantitative estimate of drug-likeness (QED) is 0.503. The average molecular weight is 415 g/mol. The molecule has 152 valence electrons. The minimum atomic E-state index is -0.854. The molecule has 0 saturated heterocycles. The fraction of sp³-hybridized carbons (Fsp3) is 0.250. The van der Waals surface area contributed by atoms with Gasteiger partial charge in [0.15, 0.2) is 22.5 Å². The van der Waals surface area contributed by atoms with Crippen molar-refractivity contribution >= 4 is 17.7 Å². The number of benzene rings is 2. The van der Waals surface area contributed by atoms with Crippen molar-refractivity contribution in [1.82, 2.24) is 14.8 Å². The van der Waals surface area contributed by atoms with Gasteiger partial charge in [-0.15, -0.1) is 10.2 Å². The van der Waals surface area contributed by atoms with Crippen molar-refractivity contribution in [1.29, 1.82) is 0 Å². The van der Waals surface area contributed by atoms with Crippen molar-refractivity contribution < 1.29 is 24.1 Å². The number of carboxylic acid groups (broad SMARTS) is 1. The first-order valence-electron chi connectivity index (χ1n) is 8.81. The van der Waals surface area contributed by atoms with Crippen LogP contribution in [0.3, 0.4) is 0 Å². The lowest BCUT2D eigenvalue weighted by molar-refractivity contribution is -0.136. The number of hydrogen-bond acceptors (Lipinski definition) is 7. The van der Waals surface area contributed by atoms with E-state index < -0.39 is 5.97 Å². The molecular weight excluding hydrogens is 394 g/mol. The van der Waals surface area contributed by atoms with Gasteiger partial charge in [-0.3, -0.25) is 9.36 Å². The van der Waals surface area contributed by atoms with Gasteiger partial charge in [0.1, 0.15) is 12.4 Å². The summed E-state index contributed by atoms with van der Waals surface area (Å²) < 4.78 is 18.3. The Balaban J connectivity index is 1.86. The average Bonchev–Trinajstić information content (AvgIpc) is 3.15. The molecule has 0 aliphatic carbocycles. The molecule has 1 aromatic heterocycles. The van der Waals surface area contributed by atoms with Gasteiger partial charge in [-0.1, -0.05) is 23.9 Å². The first-order chi connectivity index (χ1) is 14.1. The van der Waals surface area contributed by atoms with Crippen molar-refractivity contribution in [2.45, 2.75) is 18.2 Å². The highest BCUT2D eigenvalue weighted by atomic mass is 32.2. The lowest BCUT2D eigenvalue weighted by Gasteiger charge is -2.13. The number of carboxylic acids is 1. The van der Waals surface area contributed by atoms with Crippen LogP contribution in [0, 0.1) is 0 Å². The Morgan fingerprint density at radius 3 is 2.41 bits per heavy atom. The number of carbonyl (C=O) groups is 1. The van der Waals surface area contributed by atoms with E-state index in [-0.39, 0.29) is 13.0 Å². The highest BCUT2D eigenvalue weighted by Crippen LogP contribution is 2.28. The van der Waals surface area contributed by atoms with Gasteiger partial charge >= 0.3 is 5.97 Å². The van der Waals surface area contributed by atoms with E-state index in [1.165, 1.54) is 11.8 Å². The molecule has 3 rings (SSSR count). The van der Waals surface area contributed by atoms with Crippen LogP contribution in [0.5, 0.6) is 17.2 Å². The first-order valence-corrected chi connectivity index (χ1v) is 9.80. The zero-order valence-electron chi connectivity index (χ0n) is 16.1. The van der Waals surface area contributed by atoms with E-state index in [9.17, 15) is 4.79 Å². The molecule has 3 aromatic rings. The summed E-state index contributed by atoms with van der Waals surface area (Å²) in [7, 11) is 3.19. The van der Waals surface area contributed by atoms with Gasteiger partial charge in [-0.25, -0.2) is 0 Å². The molecule has 8 nitrogen and oxygen atoms in total. The van der Waals surface area contributed by atoms with Crippen molar-refractivity contribution in [3.8, 4) is 22.9 Å². The van der Waals surface area contributed by atoms with E-state index >= 15 is 0 Å². The monoisotopic (exact) mass is 415 g/mol. The summed E-state index contributed by atoms with van der Waals surface area (Å²) in [5.74, 6) is 2.07. The van der Waals surface area contributed by atoms with Crippen LogP contribution in [0.15, 0.2) is 53.7 Å². The van der Waals surface area contributed by atoms with Crippen LogP contribution >= 0.6 is 11.8 Å². The van der Waals surface area contributed by atoms with E-state index in [1.54, 1.807) is 14.2 Å². The van der Waals surface area contributed by atoms with Crippen LogP contribution in [0.1, 0.15) is 12.2 Å². The molecule has 0 aliphatic rings. The van der Waals surface area contributed by atoms with Gasteiger partial charge in [0, 0.05) is 11.4 Å². The third kappa shape index (κ3) is 5.20. The van der Waals surface area contributed by atoms with Crippen molar-refractivity contribution in [2.75, 3.05) is 20.0 Å². The Hall–Kier alpha value is -3.20. The zero-order chi connectivity index (χ0) is 20.6. The molecule has 0 atom stereocenters. The molecule has 29 heavy (non-hydrogen) atoms. The summed E-state index contributed by atoms with van der Waals surface area (Å²) in [5, 5.41) is 18.0.